The van der Waals surface area contributed by atoms with Crippen molar-refractivity contribution < 1.29 is 46.5 Å². The number of ether oxygens (including phenoxy) is 2. The topological polar surface area (TPSA) is 272 Å². The maximum absolute atomic E-state index is 16.2. The standard InChI is InChI=1S/C21H23B2FN10O10P2S/c22-21-3-40-46(38,47)43-12-7(1-35)8(41-19(12)34-6-30-11-16(34)31-20(26)32-17(11)36)2-39-45(23,37)44-13(21)9(24)18(42-21)33-5-29-10-14(25)27-4-28-15(10)33/h4-9,12-13,18-19,35H,1-3H2,(H,38,47)(H2,25,27,28)(H3,26,31,32,36)/t7?,8?,9?,12?,13?,18?,19?,21?,45-,46?/m0/s1. The molecule has 3 aliphatic heterocycles. The molecular weight excluding hydrogens is 687 g/mol. The van der Waals surface area contributed by atoms with Gasteiger partial charge in [-0.2, -0.15) is 4.98 Å². The minimum absolute atomic E-state index is 0.0100. The maximum atomic E-state index is 16.2. The first kappa shape index (κ1) is 32.7. The first-order chi connectivity index (χ1) is 22.2. The Morgan fingerprint density at radius 2 is 1.85 bits per heavy atom. The van der Waals surface area contributed by atoms with Gasteiger partial charge in [0.05, 0.1) is 44.1 Å². The summed E-state index contributed by atoms with van der Waals surface area (Å²) in [5.74, 6) is -1.27. The molecule has 7 heterocycles. The summed E-state index contributed by atoms with van der Waals surface area (Å²) in [6, 6.07) is 0. The van der Waals surface area contributed by atoms with Crippen LogP contribution in [-0.2, 0) is 43.9 Å². The summed E-state index contributed by atoms with van der Waals surface area (Å²) >= 11 is 5.28. The molecule has 26 heteroatoms. The number of anilines is 2. The Bertz CT molecular complexity index is 2030. The third kappa shape index (κ3) is 5.70. The SMILES string of the molecule is [B]C12COP(O)(=S)OC3C(CO)C(CO[P@]([B])(=O)OC1C(F)C(n1cnc4c(N)ncnc41)O2)OC3n1cnc2c(=O)[nH]c(N)nc21. The number of aromatic amines is 1. The molecular formula is C21H23B2FN10O10P2S. The minimum atomic E-state index is -4.70. The number of alkyl halides is 1. The molecule has 246 valence electrons. The highest BCUT2D eigenvalue weighted by Crippen LogP contribution is 2.56. The van der Waals surface area contributed by atoms with Crippen molar-refractivity contribution in [3.05, 3.63) is 29.3 Å². The molecule has 0 amide bonds. The van der Waals surface area contributed by atoms with Gasteiger partial charge < -0.3 is 49.0 Å². The van der Waals surface area contributed by atoms with Crippen LogP contribution in [0.15, 0.2) is 23.8 Å². The summed E-state index contributed by atoms with van der Waals surface area (Å²) in [5, 5.41) is 10.3. The van der Waals surface area contributed by atoms with Gasteiger partial charge in [0.2, 0.25) is 13.5 Å². The zero-order chi connectivity index (χ0) is 33.5. The van der Waals surface area contributed by atoms with E-state index in [2.05, 4.69) is 29.9 Å². The quantitative estimate of drug-likeness (QED) is 0.122. The fourth-order valence-corrected chi connectivity index (χ4v) is 8.16. The van der Waals surface area contributed by atoms with Gasteiger partial charge in [-0.05, 0) is 11.8 Å². The number of aliphatic hydroxyl groups excluding tert-OH is 1. The molecule has 3 fully saturated rings. The lowest BCUT2D eigenvalue weighted by Gasteiger charge is -2.34. The first-order valence-electron chi connectivity index (χ1n) is 13.6. The molecule has 0 aliphatic carbocycles. The molecule has 4 aromatic heterocycles. The lowest BCUT2D eigenvalue weighted by atomic mass is 9.77. The van der Waals surface area contributed by atoms with Gasteiger partial charge in [0.15, 0.2) is 41.3 Å². The Hall–Kier alpha value is -2.88. The molecule has 2 bridgehead atoms. The predicted molar refractivity (Wildman–Crippen MR) is 162 cm³/mol. The molecule has 3 saturated heterocycles. The second-order valence-corrected chi connectivity index (χ2v) is 15.2. The number of nitrogens with zero attached hydrogens (tertiary/aromatic N) is 7. The Morgan fingerprint density at radius 1 is 1.13 bits per heavy atom. The summed E-state index contributed by atoms with van der Waals surface area (Å²) < 4.78 is 66.3. The summed E-state index contributed by atoms with van der Waals surface area (Å²) in [6.07, 6.45) is -6.05. The number of hydrogen-bond donors (Lipinski definition) is 5. The molecule has 4 radical (unpaired) electrons. The molecule has 47 heavy (non-hydrogen) atoms. The Morgan fingerprint density at radius 3 is 2.60 bits per heavy atom. The van der Waals surface area contributed by atoms with Gasteiger partial charge in [0, 0.05) is 5.92 Å². The fourth-order valence-electron chi connectivity index (χ4n) is 5.69. The Balaban J connectivity index is 1.24. The Labute approximate surface area is 269 Å². The van der Waals surface area contributed by atoms with E-state index in [4.69, 9.17) is 66.3 Å². The third-order valence-electron chi connectivity index (χ3n) is 7.86. The van der Waals surface area contributed by atoms with Gasteiger partial charge in [-0.15, -0.1) is 0 Å². The highest BCUT2D eigenvalue weighted by Gasteiger charge is 2.58. The number of nitrogens with one attached hydrogen (secondary N) is 1. The monoisotopic (exact) mass is 710 g/mol. The third-order valence-corrected chi connectivity index (χ3v) is 10.4. The van der Waals surface area contributed by atoms with Crippen molar-refractivity contribution >= 4 is 75.5 Å². The Kier molecular flexibility index (Phi) is 8.08. The van der Waals surface area contributed by atoms with Crippen LogP contribution in [0.25, 0.3) is 22.3 Å². The summed E-state index contributed by atoms with van der Waals surface area (Å²) in [7, 11) is 7.66. The number of fused-ring (bicyclic) bond motifs is 5. The molecule has 0 spiro atoms. The summed E-state index contributed by atoms with van der Waals surface area (Å²) in [5.41, 5.74) is 8.67. The van der Waals surface area contributed by atoms with Gasteiger partial charge in [-0.25, -0.2) is 24.3 Å². The average molecular weight is 710 g/mol. The maximum Gasteiger partial charge on any atom is 0.325 e. The van der Waals surface area contributed by atoms with Crippen molar-refractivity contribution in [3.63, 3.8) is 0 Å². The van der Waals surface area contributed by atoms with E-state index in [1.54, 1.807) is 0 Å². The second kappa shape index (κ2) is 11.6. The highest BCUT2D eigenvalue weighted by molar-refractivity contribution is 8.07. The minimum Gasteiger partial charge on any atom is -0.396 e. The number of nitrogens with two attached hydrogens (primary N) is 2. The molecule has 9 unspecified atom stereocenters. The number of hydrogen-bond acceptors (Lipinski definition) is 17. The van der Waals surface area contributed by atoms with Gasteiger partial charge in [-0.1, -0.05) is 0 Å². The van der Waals surface area contributed by atoms with E-state index >= 15 is 4.39 Å². The van der Waals surface area contributed by atoms with Crippen LogP contribution in [0.2, 0.25) is 0 Å². The predicted octanol–water partition coefficient (Wildman–Crippen LogP) is -1.33. The summed E-state index contributed by atoms with van der Waals surface area (Å²) in [4.78, 5) is 46.1. The van der Waals surface area contributed by atoms with E-state index < -0.39 is 87.9 Å². The lowest BCUT2D eigenvalue weighted by Crippen LogP contribution is -2.48. The van der Waals surface area contributed by atoms with Crippen LogP contribution in [0, 0.1) is 5.92 Å². The van der Waals surface area contributed by atoms with Gasteiger partial charge in [-0.3, -0.25) is 23.5 Å². The van der Waals surface area contributed by atoms with Crippen molar-refractivity contribution in [2.45, 2.75) is 42.4 Å². The lowest BCUT2D eigenvalue weighted by molar-refractivity contribution is -0.0763. The average Bonchev–Trinajstić information content (AvgIpc) is 3.75. The number of aromatic nitrogens is 8. The molecule has 20 nitrogen and oxygen atoms in total. The highest BCUT2D eigenvalue weighted by atomic mass is 32.5. The van der Waals surface area contributed by atoms with E-state index in [1.165, 1.54) is 17.2 Å². The van der Waals surface area contributed by atoms with E-state index in [1.807, 2.05) is 0 Å². The molecule has 10 atom stereocenters. The van der Waals surface area contributed by atoms with Crippen molar-refractivity contribution in [3.8, 4) is 0 Å². The van der Waals surface area contributed by atoms with E-state index in [0.717, 1.165) is 10.9 Å². The van der Waals surface area contributed by atoms with Crippen molar-refractivity contribution in [2.24, 2.45) is 5.92 Å². The smallest absolute Gasteiger partial charge is 0.325 e. The first-order valence-corrected chi connectivity index (χ1v) is 17.8. The van der Waals surface area contributed by atoms with Gasteiger partial charge in [0.1, 0.15) is 31.9 Å². The van der Waals surface area contributed by atoms with Crippen molar-refractivity contribution in [1.82, 2.24) is 39.0 Å². The van der Waals surface area contributed by atoms with Crippen molar-refractivity contribution in [2.75, 3.05) is 31.3 Å². The van der Waals surface area contributed by atoms with Gasteiger partial charge in [0.25, 0.3) is 13.0 Å². The number of nitrogen functional groups attached to an aromatic ring is 2. The molecule has 7 rings (SSSR count). The number of rotatable bonds is 3. The van der Waals surface area contributed by atoms with E-state index in [9.17, 15) is 19.4 Å². The van der Waals surface area contributed by atoms with Crippen LogP contribution in [0.5, 0.6) is 0 Å². The number of aliphatic hydroxyl groups is 1. The van der Waals surface area contributed by atoms with Crippen LogP contribution < -0.4 is 17.0 Å². The number of imidazole rings is 2. The number of H-pyrrole nitrogens is 1. The van der Waals surface area contributed by atoms with Crippen LogP contribution in [0.4, 0.5) is 16.2 Å². The number of halogens is 1. The van der Waals surface area contributed by atoms with Crippen molar-refractivity contribution in [1.29, 1.82) is 0 Å². The largest absolute Gasteiger partial charge is 0.396 e. The molecule has 0 aromatic carbocycles. The molecule has 7 N–H and O–H groups in total. The van der Waals surface area contributed by atoms with E-state index in [-0.39, 0.29) is 34.1 Å². The summed E-state index contributed by atoms with van der Waals surface area (Å²) in [6.45, 7) is -6.52. The fraction of sp³-hybridized carbons (Fsp3) is 0.524. The molecule has 4 aromatic rings. The van der Waals surface area contributed by atoms with Crippen LogP contribution >= 0.6 is 14.2 Å². The zero-order valence-corrected chi connectivity index (χ0v) is 26.3. The van der Waals surface area contributed by atoms with Gasteiger partial charge >= 0.3 is 6.72 Å². The van der Waals surface area contributed by atoms with Crippen LogP contribution in [0.1, 0.15) is 12.5 Å². The van der Waals surface area contributed by atoms with Crippen LogP contribution in [-0.4, -0.2) is 114 Å². The molecule has 3 aliphatic rings. The normalized spacial score (nSPS) is 38.1. The molecule has 0 saturated carbocycles. The second-order valence-electron chi connectivity index (χ2n) is 10.9. The zero-order valence-electron chi connectivity index (χ0n) is 23.7. The van der Waals surface area contributed by atoms with Crippen LogP contribution in [0.3, 0.4) is 0 Å². The van der Waals surface area contributed by atoms with E-state index in [0.29, 0.717) is 0 Å².